The second kappa shape index (κ2) is 4.35. The quantitative estimate of drug-likeness (QED) is 0.780. The summed E-state index contributed by atoms with van der Waals surface area (Å²) in [5.74, 6) is -1.06. The Bertz CT molecular complexity index is 647. The molecule has 1 heterocycles. The highest BCUT2D eigenvalue weighted by Gasteiger charge is 2.18. The van der Waals surface area contributed by atoms with Crippen LogP contribution in [-0.4, -0.2) is 12.6 Å². The largest absolute Gasteiger partial charge is 0.454 e. The highest BCUT2D eigenvalue weighted by Crippen LogP contribution is 2.33. The zero-order chi connectivity index (χ0) is 13.4. The lowest BCUT2D eigenvalue weighted by Crippen LogP contribution is -2.02. The predicted octanol–water partition coefficient (Wildman–Crippen LogP) is 2.92. The molecule has 0 spiro atoms. The minimum absolute atomic E-state index is 0.0450. The molecular formula is C14H8F2O3. The maximum Gasteiger partial charge on any atom is 0.231 e. The Labute approximate surface area is 107 Å². The van der Waals surface area contributed by atoms with E-state index in [0.717, 1.165) is 18.2 Å². The number of hydrogen-bond acceptors (Lipinski definition) is 3. The number of rotatable bonds is 2. The Hall–Kier alpha value is -2.43. The number of carbonyl (C=O) groups is 1. The standard InChI is InChI=1S/C14H8F2O3/c15-10-3-9(4-11(16)6-10)14(17)8-1-2-12-13(5-8)19-7-18-12/h1-6H,7H2. The van der Waals surface area contributed by atoms with Crippen LogP contribution in [0.15, 0.2) is 36.4 Å². The van der Waals surface area contributed by atoms with E-state index in [-0.39, 0.29) is 17.9 Å². The highest BCUT2D eigenvalue weighted by molar-refractivity contribution is 6.09. The summed E-state index contributed by atoms with van der Waals surface area (Å²) in [6.07, 6.45) is 0. The molecule has 0 fully saturated rings. The number of hydrogen-bond donors (Lipinski definition) is 0. The van der Waals surface area contributed by atoms with E-state index < -0.39 is 17.4 Å². The smallest absolute Gasteiger partial charge is 0.231 e. The molecule has 0 radical (unpaired) electrons. The Kier molecular flexibility index (Phi) is 2.67. The van der Waals surface area contributed by atoms with Crippen LogP contribution in [0.3, 0.4) is 0 Å². The molecule has 5 heteroatoms. The monoisotopic (exact) mass is 262 g/mol. The van der Waals surface area contributed by atoms with Crippen molar-refractivity contribution >= 4 is 5.78 Å². The molecular weight excluding hydrogens is 254 g/mol. The average Bonchev–Trinajstić information content (AvgIpc) is 2.83. The molecule has 3 rings (SSSR count). The van der Waals surface area contributed by atoms with Gasteiger partial charge in [0.1, 0.15) is 11.6 Å². The third-order valence-electron chi connectivity index (χ3n) is 2.76. The second-order valence-electron chi connectivity index (χ2n) is 4.06. The van der Waals surface area contributed by atoms with Crippen molar-refractivity contribution in [1.29, 1.82) is 0 Å². The third-order valence-corrected chi connectivity index (χ3v) is 2.76. The van der Waals surface area contributed by atoms with E-state index in [1.165, 1.54) is 12.1 Å². The predicted molar refractivity (Wildman–Crippen MR) is 62.4 cm³/mol. The van der Waals surface area contributed by atoms with Crippen molar-refractivity contribution in [2.75, 3.05) is 6.79 Å². The van der Waals surface area contributed by atoms with Crippen LogP contribution in [0.25, 0.3) is 0 Å². The van der Waals surface area contributed by atoms with E-state index in [4.69, 9.17) is 9.47 Å². The van der Waals surface area contributed by atoms with Gasteiger partial charge < -0.3 is 9.47 Å². The number of carbonyl (C=O) groups excluding carboxylic acids is 1. The second-order valence-corrected chi connectivity index (χ2v) is 4.06. The minimum atomic E-state index is -0.788. The van der Waals surface area contributed by atoms with Crippen LogP contribution in [0.5, 0.6) is 11.5 Å². The molecule has 0 bridgehead atoms. The summed E-state index contributed by atoms with van der Waals surface area (Å²) < 4.78 is 36.4. The fourth-order valence-electron chi connectivity index (χ4n) is 1.89. The first-order valence-electron chi connectivity index (χ1n) is 5.54. The van der Waals surface area contributed by atoms with Gasteiger partial charge in [-0.05, 0) is 30.3 Å². The van der Waals surface area contributed by atoms with Gasteiger partial charge in [-0.25, -0.2) is 8.78 Å². The first-order valence-corrected chi connectivity index (χ1v) is 5.54. The van der Waals surface area contributed by atoms with E-state index in [1.54, 1.807) is 6.07 Å². The van der Waals surface area contributed by atoms with E-state index in [1.807, 2.05) is 0 Å². The number of halogens is 2. The lowest BCUT2D eigenvalue weighted by Gasteiger charge is -2.03. The third kappa shape index (κ3) is 2.14. The Morgan fingerprint density at radius 3 is 2.32 bits per heavy atom. The van der Waals surface area contributed by atoms with Gasteiger partial charge in [0, 0.05) is 17.2 Å². The zero-order valence-electron chi connectivity index (χ0n) is 9.65. The van der Waals surface area contributed by atoms with Crippen LogP contribution < -0.4 is 9.47 Å². The summed E-state index contributed by atoms with van der Waals surface area (Å²) in [6, 6.07) is 7.32. The molecule has 2 aromatic rings. The van der Waals surface area contributed by atoms with Gasteiger partial charge in [-0.1, -0.05) is 0 Å². The average molecular weight is 262 g/mol. The Morgan fingerprint density at radius 1 is 0.895 bits per heavy atom. The summed E-state index contributed by atoms with van der Waals surface area (Å²) in [7, 11) is 0. The molecule has 0 saturated carbocycles. The molecule has 0 atom stereocenters. The molecule has 1 aliphatic heterocycles. The molecule has 0 unspecified atom stereocenters. The van der Waals surface area contributed by atoms with Crippen molar-refractivity contribution in [1.82, 2.24) is 0 Å². The van der Waals surface area contributed by atoms with Crippen molar-refractivity contribution in [3.05, 3.63) is 59.2 Å². The highest BCUT2D eigenvalue weighted by atomic mass is 19.1. The number of ether oxygens (including phenoxy) is 2. The summed E-state index contributed by atoms with van der Waals surface area (Å²) in [5.41, 5.74) is 0.241. The normalized spacial score (nSPS) is 12.5. The summed E-state index contributed by atoms with van der Waals surface area (Å²) in [5, 5.41) is 0. The molecule has 2 aromatic carbocycles. The topological polar surface area (TPSA) is 35.5 Å². The maximum atomic E-state index is 13.1. The van der Waals surface area contributed by atoms with Gasteiger partial charge in [-0.15, -0.1) is 0 Å². The Morgan fingerprint density at radius 2 is 1.58 bits per heavy atom. The van der Waals surface area contributed by atoms with Crippen LogP contribution >= 0.6 is 0 Å². The van der Waals surface area contributed by atoms with Crippen molar-refractivity contribution in [3.63, 3.8) is 0 Å². The van der Waals surface area contributed by atoms with E-state index >= 15 is 0 Å². The van der Waals surface area contributed by atoms with Gasteiger partial charge in [-0.2, -0.15) is 0 Å². The first-order chi connectivity index (χ1) is 9.13. The van der Waals surface area contributed by atoms with Gasteiger partial charge in [0.2, 0.25) is 6.79 Å². The van der Waals surface area contributed by atoms with Gasteiger partial charge >= 0.3 is 0 Å². The van der Waals surface area contributed by atoms with Crippen LogP contribution in [0.2, 0.25) is 0 Å². The fourth-order valence-corrected chi connectivity index (χ4v) is 1.89. The number of benzene rings is 2. The fraction of sp³-hybridized carbons (Fsp3) is 0.0714. The van der Waals surface area contributed by atoms with Crippen LogP contribution in [0.1, 0.15) is 15.9 Å². The van der Waals surface area contributed by atoms with Crippen LogP contribution in [-0.2, 0) is 0 Å². The van der Waals surface area contributed by atoms with Crippen molar-refractivity contribution < 1.29 is 23.0 Å². The molecule has 0 aliphatic carbocycles. The summed E-state index contributed by atoms with van der Waals surface area (Å²) >= 11 is 0. The number of fused-ring (bicyclic) bond motifs is 1. The maximum absolute atomic E-state index is 13.1. The lowest BCUT2D eigenvalue weighted by atomic mass is 10.0. The van der Waals surface area contributed by atoms with E-state index in [0.29, 0.717) is 11.5 Å². The minimum Gasteiger partial charge on any atom is -0.454 e. The molecule has 1 aliphatic rings. The molecule has 96 valence electrons. The SMILES string of the molecule is O=C(c1cc(F)cc(F)c1)c1ccc2c(c1)OCO2. The van der Waals surface area contributed by atoms with Crippen molar-refractivity contribution in [2.45, 2.75) is 0 Å². The molecule has 19 heavy (non-hydrogen) atoms. The molecule has 0 saturated heterocycles. The molecule has 0 amide bonds. The van der Waals surface area contributed by atoms with Gasteiger partial charge in [0.15, 0.2) is 17.3 Å². The van der Waals surface area contributed by atoms with Crippen molar-refractivity contribution in [2.24, 2.45) is 0 Å². The van der Waals surface area contributed by atoms with E-state index in [2.05, 4.69) is 0 Å². The molecule has 0 N–H and O–H groups in total. The van der Waals surface area contributed by atoms with Gasteiger partial charge in [0.05, 0.1) is 0 Å². The Balaban J connectivity index is 1.99. The van der Waals surface area contributed by atoms with Crippen LogP contribution in [0, 0.1) is 11.6 Å². The zero-order valence-corrected chi connectivity index (χ0v) is 9.65. The van der Waals surface area contributed by atoms with Crippen molar-refractivity contribution in [3.8, 4) is 11.5 Å². The lowest BCUT2D eigenvalue weighted by molar-refractivity contribution is 0.103. The van der Waals surface area contributed by atoms with Crippen LogP contribution in [0.4, 0.5) is 8.78 Å². The van der Waals surface area contributed by atoms with Gasteiger partial charge in [0.25, 0.3) is 0 Å². The number of ketones is 1. The van der Waals surface area contributed by atoms with Gasteiger partial charge in [-0.3, -0.25) is 4.79 Å². The molecule has 0 aromatic heterocycles. The van der Waals surface area contributed by atoms with E-state index in [9.17, 15) is 13.6 Å². The molecule has 3 nitrogen and oxygen atoms in total. The first kappa shape index (κ1) is 11.6. The summed E-state index contributed by atoms with van der Waals surface area (Å²) in [6.45, 7) is 0.0988. The summed E-state index contributed by atoms with van der Waals surface area (Å²) in [4.78, 5) is 12.1.